The van der Waals surface area contributed by atoms with Gasteiger partial charge in [0.1, 0.15) is 11.9 Å². The lowest BCUT2D eigenvalue weighted by atomic mass is 9.84. The van der Waals surface area contributed by atoms with E-state index in [9.17, 15) is 18.0 Å². The lowest BCUT2D eigenvalue weighted by Gasteiger charge is -2.43. The summed E-state index contributed by atoms with van der Waals surface area (Å²) in [6, 6.07) is 3.25. The van der Waals surface area contributed by atoms with Crippen LogP contribution in [-0.4, -0.2) is 52.6 Å². The van der Waals surface area contributed by atoms with E-state index in [-0.39, 0.29) is 42.9 Å². The molecule has 0 amide bonds. The summed E-state index contributed by atoms with van der Waals surface area (Å²) in [7, 11) is 0. The lowest BCUT2D eigenvalue weighted by molar-refractivity contribution is -0.153. The lowest BCUT2D eigenvalue weighted by Crippen LogP contribution is -2.55. The Balaban J connectivity index is 1.46. The van der Waals surface area contributed by atoms with Crippen molar-refractivity contribution >= 4 is 11.8 Å². The van der Waals surface area contributed by atoms with Crippen molar-refractivity contribution in [3.05, 3.63) is 46.5 Å². The molecule has 2 aliphatic heterocycles. The zero-order chi connectivity index (χ0) is 23.4. The second-order valence-corrected chi connectivity index (χ2v) is 9.94. The van der Waals surface area contributed by atoms with Crippen molar-refractivity contribution in [3.63, 3.8) is 0 Å². The van der Waals surface area contributed by atoms with Crippen molar-refractivity contribution in [2.75, 3.05) is 29.9 Å². The molecule has 2 unspecified atom stereocenters. The van der Waals surface area contributed by atoms with Gasteiger partial charge in [-0.05, 0) is 42.4 Å². The zero-order valence-corrected chi connectivity index (χ0v) is 18.7. The minimum absolute atomic E-state index is 0.0205. The van der Waals surface area contributed by atoms with Crippen LogP contribution in [0.3, 0.4) is 0 Å². The molecule has 1 aliphatic carbocycles. The van der Waals surface area contributed by atoms with Gasteiger partial charge >= 0.3 is 6.18 Å². The molecule has 0 bridgehead atoms. The van der Waals surface area contributed by atoms with Gasteiger partial charge in [-0.15, -0.1) is 0 Å². The van der Waals surface area contributed by atoms with Gasteiger partial charge in [-0.3, -0.25) is 14.3 Å². The molecule has 3 aliphatic rings. The van der Waals surface area contributed by atoms with Gasteiger partial charge < -0.3 is 15.0 Å². The summed E-state index contributed by atoms with van der Waals surface area (Å²) in [5.74, 6) is 1.49. The fraction of sp³-hybridized carbons (Fsp3) is 0.609. The fourth-order valence-corrected chi connectivity index (χ4v) is 5.11. The Morgan fingerprint density at radius 2 is 2.00 bits per heavy atom. The molecule has 7 nitrogen and oxygen atoms in total. The molecule has 0 spiro atoms. The molecule has 1 saturated carbocycles. The fourth-order valence-electron chi connectivity index (χ4n) is 5.11. The highest BCUT2D eigenvalue weighted by molar-refractivity contribution is 5.46. The number of aromatic nitrogens is 3. The number of nitrogens with zero attached hydrogens (tertiary/aromatic N) is 4. The van der Waals surface area contributed by atoms with E-state index >= 15 is 0 Å². The van der Waals surface area contributed by atoms with Crippen LogP contribution in [0.1, 0.15) is 32.3 Å². The zero-order valence-electron chi connectivity index (χ0n) is 18.7. The summed E-state index contributed by atoms with van der Waals surface area (Å²) in [5, 5.41) is 3.14. The van der Waals surface area contributed by atoms with E-state index < -0.39 is 17.6 Å². The highest BCUT2D eigenvalue weighted by atomic mass is 19.4. The number of halogens is 3. The van der Waals surface area contributed by atoms with Gasteiger partial charge in [-0.25, -0.2) is 0 Å². The van der Waals surface area contributed by atoms with E-state index in [1.54, 1.807) is 24.5 Å². The topological polar surface area (TPSA) is 72.3 Å². The number of anilines is 2. The molecule has 10 heteroatoms. The summed E-state index contributed by atoms with van der Waals surface area (Å²) in [4.78, 5) is 22.6. The summed E-state index contributed by atoms with van der Waals surface area (Å²) in [6.07, 6.45) is -0.181. The van der Waals surface area contributed by atoms with Crippen LogP contribution >= 0.6 is 0 Å². The largest absolute Gasteiger partial charge is 0.408 e. The summed E-state index contributed by atoms with van der Waals surface area (Å²) < 4.78 is 49.3. The van der Waals surface area contributed by atoms with Gasteiger partial charge in [0, 0.05) is 43.5 Å². The van der Waals surface area contributed by atoms with E-state index in [0.29, 0.717) is 18.4 Å². The minimum Gasteiger partial charge on any atom is -0.376 e. The molecule has 178 valence electrons. The van der Waals surface area contributed by atoms with Crippen molar-refractivity contribution in [3.8, 4) is 0 Å². The number of fused-ring (bicyclic) bond motifs is 2. The van der Waals surface area contributed by atoms with Crippen molar-refractivity contribution in [1.82, 2.24) is 14.5 Å². The first-order valence-corrected chi connectivity index (χ1v) is 11.3. The Bertz CT molecular complexity index is 1070. The van der Waals surface area contributed by atoms with Gasteiger partial charge in [-0.2, -0.15) is 18.2 Å². The summed E-state index contributed by atoms with van der Waals surface area (Å²) in [6.45, 7) is 5.04. The molecule has 0 aromatic carbocycles. The van der Waals surface area contributed by atoms with Crippen molar-refractivity contribution in [2.24, 2.45) is 11.8 Å². The maximum atomic E-state index is 14.1. The van der Waals surface area contributed by atoms with Gasteiger partial charge in [-0.1, -0.05) is 13.8 Å². The van der Waals surface area contributed by atoms with Crippen molar-refractivity contribution < 1.29 is 17.9 Å². The number of pyridine rings is 1. The Hall–Kier alpha value is -2.62. The number of rotatable bonds is 6. The van der Waals surface area contributed by atoms with Crippen LogP contribution in [0, 0.1) is 11.8 Å². The number of hydrogen-bond donors (Lipinski definition) is 1. The van der Waals surface area contributed by atoms with Gasteiger partial charge in [0.05, 0.1) is 12.7 Å². The first kappa shape index (κ1) is 22.2. The van der Waals surface area contributed by atoms with Gasteiger partial charge in [0.15, 0.2) is 0 Å². The number of nitrogens with one attached hydrogen (secondary N) is 1. The predicted octanol–water partition coefficient (Wildman–Crippen LogP) is 3.20. The Morgan fingerprint density at radius 1 is 1.24 bits per heavy atom. The molecule has 2 aromatic heterocycles. The average molecular weight is 464 g/mol. The smallest absolute Gasteiger partial charge is 0.376 e. The van der Waals surface area contributed by atoms with Crippen LogP contribution < -0.4 is 15.8 Å². The molecular formula is C23H28F3N5O2. The second-order valence-electron chi connectivity index (χ2n) is 9.94. The molecule has 1 saturated heterocycles. The average Bonchev–Trinajstić information content (AvgIpc) is 3.44. The van der Waals surface area contributed by atoms with E-state index in [4.69, 9.17) is 4.74 Å². The minimum atomic E-state index is -4.45. The molecular weight excluding hydrogens is 435 g/mol. The third kappa shape index (κ3) is 4.32. The second kappa shape index (κ2) is 8.00. The van der Waals surface area contributed by atoms with Crippen molar-refractivity contribution in [1.29, 1.82) is 0 Å². The SMILES string of the molecule is CC(C)(CN1c2nc(NC[C@H]3OCC4CC43)cc(=O)n2CC[C@H]1C(F)(F)F)c1ccncc1. The summed E-state index contributed by atoms with van der Waals surface area (Å²) >= 11 is 0. The highest BCUT2D eigenvalue weighted by Gasteiger charge is 2.50. The molecule has 2 fully saturated rings. The Kier molecular flexibility index (Phi) is 5.38. The molecule has 5 rings (SSSR count). The van der Waals surface area contributed by atoms with Gasteiger partial charge in [0.25, 0.3) is 5.56 Å². The summed E-state index contributed by atoms with van der Waals surface area (Å²) in [5.41, 5.74) is -0.120. The number of ether oxygens (including phenoxy) is 1. The van der Waals surface area contributed by atoms with Crippen LogP contribution in [0.5, 0.6) is 0 Å². The predicted molar refractivity (Wildman–Crippen MR) is 117 cm³/mol. The van der Waals surface area contributed by atoms with Crippen LogP contribution in [-0.2, 0) is 16.7 Å². The van der Waals surface area contributed by atoms with E-state index in [2.05, 4.69) is 15.3 Å². The number of alkyl halides is 3. The van der Waals surface area contributed by atoms with Crippen LogP contribution in [0.15, 0.2) is 35.4 Å². The van der Waals surface area contributed by atoms with E-state index in [0.717, 1.165) is 18.6 Å². The molecule has 33 heavy (non-hydrogen) atoms. The Labute approximate surface area is 190 Å². The maximum Gasteiger partial charge on any atom is 0.408 e. The van der Waals surface area contributed by atoms with Crippen molar-refractivity contribution in [2.45, 2.75) is 57.0 Å². The van der Waals surface area contributed by atoms with E-state index in [1.807, 2.05) is 13.8 Å². The molecule has 4 heterocycles. The molecule has 0 radical (unpaired) electrons. The van der Waals surface area contributed by atoms with E-state index in [1.165, 1.54) is 15.5 Å². The third-order valence-corrected chi connectivity index (χ3v) is 7.12. The quantitative estimate of drug-likeness (QED) is 0.710. The first-order valence-electron chi connectivity index (χ1n) is 11.3. The van der Waals surface area contributed by atoms with Crippen LogP contribution in [0.25, 0.3) is 0 Å². The standard InChI is InChI=1S/C23H28F3N5O2/c1-22(2,15-3-6-27-7-4-15)13-31-18(23(24,25)26)5-8-30-20(32)10-19(29-21(30)31)28-11-17-16-9-14(16)12-33-17/h3-4,6-7,10,14,16-18,28H,5,8-9,11-13H2,1-2H3/t14?,16?,17-,18+/m1/s1. The highest BCUT2D eigenvalue weighted by Crippen LogP contribution is 2.48. The van der Waals surface area contributed by atoms with Gasteiger partial charge in [0.2, 0.25) is 5.95 Å². The maximum absolute atomic E-state index is 14.1. The third-order valence-electron chi connectivity index (χ3n) is 7.12. The molecule has 2 aromatic rings. The number of hydrogen-bond acceptors (Lipinski definition) is 6. The molecule has 4 atom stereocenters. The van der Waals surface area contributed by atoms with Crippen LogP contribution in [0.2, 0.25) is 0 Å². The Morgan fingerprint density at radius 3 is 2.64 bits per heavy atom. The van der Waals surface area contributed by atoms with Crippen LogP contribution in [0.4, 0.5) is 24.9 Å². The monoisotopic (exact) mass is 463 g/mol. The first-order chi connectivity index (χ1) is 15.6. The normalized spacial score (nSPS) is 26.6. The molecule has 1 N–H and O–H groups in total.